The molecule has 0 saturated carbocycles. The molecule has 1 unspecified atom stereocenters. The van der Waals surface area contributed by atoms with E-state index >= 15 is 0 Å². The van der Waals surface area contributed by atoms with Gasteiger partial charge in [-0.2, -0.15) is 0 Å². The molecule has 1 saturated heterocycles. The van der Waals surface area contributed by atoms with E-state index in [1.807, 2.05) is 0 Å². The molecule has 0 aromatic heterocycles. The zero-order valence-electron chi connectivity index (χ0n) is 11.0. The minimum absolute atomic E-state index is 0.0492. The molecule has 7 N–H and O–H groups in total. The van der Waals surface area contributed by atoms with Crippen LogP contribution in [0.1, 0.15) is 0 Å². The van der Waals surface area contributed by atoms with E-state index in [4.69, 9.17) is 19.7 Å². The highest BCUT2D eigenvalue weighted by Crippen LogP contribution is 2.24. The van der Waals surface area contributed by atoms with Crippen LogP contribution in [0, 0.1) is 0 Å². The molecule has 10 heteroatoms. The van der Waals surface area contributed by atoms with Crippen LogP contribution in [0.5, 0.6) is 0 Å². The van der Waals surface area contributed by atoms with Gasteiger partial charge in [0.15, 0.2) is 12.6 Å². The van der Waals surface area contributed by atoms with Crippen molar-refractivity contribution >= 4 is 6.29 Å². The summed E-state index contributed by atoms with van der Waals surface area (Å²) in [6, 6.07) is 0. The predicted octanol–water partition coefficient (Wildman–Crippen LogP) is -4.92. The number of rotatable bonds is 7. The van der Waals surface area contributed by atoms with Gasteiger partial charge < -0.3 is 50.0 Å². The smallest absolute Gasteiger partial charge is 0.187 e. The third-order valence-corrected chi connectivity index (χ3v) is 3.18. The van der Waals surface area contributed by atoms with E-state index in [1.54, 1.807) is 0 Å². The average Bonchev–Trinajstić information content (AvgIpc) is 2.50. The van der Waals surface area contributed by atoms with Crippen LogP contribution in [0.4, 0.5) is 0 Å². The van der Waals surface area contributed by atoms with Crippen molar-refractivity contribution in [3.05, 3.63) is 0 Å². The lowest BCUT2D eigenvalue weighted by Gasteiger charge is -2.41. The van der Waals surface area contributed by atoms with Crippen LogP contribution in [-0.4, -0.2) is 104 Å². The monoisotopic (exact) mass is 312 g/mol. The molecule has 0 aromatic rings. The van der Waals surface area contributed by atoms with Gasteiger partial charge in [-0.05, 0) is 0 Å². The lowest BCUT2D eigenvalue weighted by atomic mass is 9.99. The lowest BCUT2D eigenvalue weighted by Crippen LogP contribution is -2.61. The molecule has 10 nitrogen and oxygen atoms in total. The van der Waals surface area contributed by atoms with Gasteiger partial charge in [0.05, 0.1) is 13.2 Å². The first-order chi connectivity index (χ1) is 9.87. The Bertz CT molecular complexity index is 324. The molecular formula is C11H20O10. The summed E-state index contributed by atoms with van der Waals surface area (Å²) in [5.74, 6) is 0. The van der Waals surface area contributed by atoms with Crippen LogP contribution in [0.25, 0.3) is 0 Å². The number of carbonyl (C=O) groups is 1. The van der Waals surface area contributed by atoms with Crippen LogP contribution >= 0.6 is 0 Å². The summed E-state index contributed by atoms with van der Waals surface area (Å²) in [6.07, 6.45) is -13.0. The Balaban J connectivity index is 2.83. The van der Waals surface area contributed by atoms with Gasteiger partial charge in [-0.3, -0.25) is 0 Å². The van der Waals surface area contributed by atoms with Gasteiger partial charge >= 0.3 is 0 Å². The highest BCUT2D eigenvalue weighted by Gasteiger charge is 2.46. The van der Waals surface area contributed by atoms with Crippen molar-refractivity contribution in [3.8, 4) is 0 Å². The van der Waals surface area contributed by atoms with E-state index < -0.39 is 62.2 Å². The Kier molecular flexibility index (Phi) is 7.06. The van der Waals surface area contributed by atoms with Crippen molar-refractivity contribution in [2.24, 2.45) is 0 Å². The number of aliphatic hydroxyl groups is 7. The maximum absolute atomic E-state index is 10.6. The van der Waals surface area contributed by atoms with Gasteiger partial charge in [-0.15, -0.1) is 0 Å². The average molecular weight is 312 g/mol. The van der Waals surface area contributed by atoms with Crippen molar-refractivity contribution in [2.45, 2.75) is 49.0 Å². The summed E-state index contributed by atoms with van der Waals surface area (Å²) < 4.78 is 10.0. The SMILES string of the molecule is O=C[C@@H](O)[C@H](OC1O[C@H](CO)[C@H](O)[C@H](O)[C@H]1O)[C@H](O)CO. The fourth-order valence-electron chi connectivity index (χ4n) is 1.91. The first-order valence-electron chi connectivity index (χ1n) is 6.25. The third kappa shape index (κ3) is 4.16. The summed E-state index contributed by atoms with van der Waals surface area (Å²) in [5, 5.41) is 65.6. The quantitative estimate of drug-likeness (QED) is 0.225. The zero-order chi connectivity index (χ0) is 16.2. The fraction of sp³-hybridized carbons (Fsp3) is 0.909. The summed E-state index contributed by atoms with van der Waals surface area (Å²) in [7, 11) is 0. The number of ether oxygens (including phenoxy) is 2. The molecular weight excluding hydrogens is 292 g/mol. The molecule has 0 amide bonds. The first-order valence-corrected chi connectivity index (χ1v) is 6.25. The highest BCUT2D eigenvalue weighted by atomic mass is 16.7. The molecule has 21 heavy (non-hydrogen) atoms. The molecule has 0 bridgehead atoms. The van der Waals surface area contributed by atoms with Gasteiger partial charge in [0.2, 0.25) is 0 Å². The lowest BCUT2D eigenvalue weighted by molar-refractivity contribution is -0.322. The maximum Gasteiger partial charge on any atom is 0.187 e. The van der Waals surface area contributed by atoms with Crippen molar-refractivity contribution in [1.29, 1.82) is 0 Å². The molecule has 0 radical (unpaired) electrons. The van der Waals surface area contributed by atoms with Crippen LogP contribution in [0.15, 0.2) is 0 Å². The summed E-state index contributed by atoms with van der Waals surface area (Å²) in [4.78, 5) is 10.6. The van der Waals surface area contributed by atoms with Gasteiger partial charge in [0, 0.05) is 0 Å². The molecule has 124 valence electrons. The second-order valence-electron chi connectivity index (χ2n) is 4.67. The van der Waals surface area contributed by atoms with E-state index in [0.29, 0.717) is 0 Å². The minimum atomic E-state index is -1.82. The van der Waals surface area contributed by atoms with Crippen molar-refractivity contribution in [1.82, 2.24) is 0 Å². The van der Waals surface area contributed by atoms with Crippen LogP contribution in [-0.2, 0) is 14.3 Å². The molecule has 1 rings (SSSR count). The summed E-state index contributed by atoms with van der Waals surface area (Å²) >= 11 is 0. The normalized spacial score (nSPS) is 37.8. The number of carbonyl (C=O) groups excluding carboxylic acids is 1. The Hall–Kier alpha value is -0.690. The van der Waals surface area contributed by atoms with Gasteiger partial charge in [0.25, 0.3) is 0 Å². The molecule has 0 aromatic carbocycles. The number of hydrogen-bond acceptors (Lipinski definition) is 10. The van der Waals surface area contributed by atoms with Crippen molar-refractivity contribution in [2.75, 3.05) is 13.2 Å². The minimum Gasteiger partial charge on any atom is -0.394 e. The zero-order valence-corrected chi connectivity index (χ0v) is 11.0. The molecule has 0 aliphatic carbocycles. The number of aldehydes is 1. The van der Waals surface area contributed by atoms with E-state index in [-0.39, 0.29) is 6.29 Å². The highest BCUT2D eigenvalue weighted by molar-refractivity contribution is 5.56. The molecule has 1 fully saturated rings. The summed E-state index contributed by atoms with van der Waals surface area (Å²) in [5.41, 5.74) is 0. The Morgan fingerprint density at radius 1 is 1.10 bits per heavy atom. The van der Waals surface area contributed by atoms with Gasteiger partial charge in [-0.25, -0.2) is 0 Å². The van der Waals surface area contributed by atoms with E-state index in [2.05, 4.69) is 0 Å². The fourth-order valence-corrected chi connectivity index (χ4v) is 1.91. The number of aliphatic hydroxyl groups excluding tert-OH is 7. The summed E-state index contributed by atoms with van der Waals surface area (Å²) in [6.45, 7) is -1.53. The van der Waals surface area contributed by atoms with Crippen molar-refractivity contribution in [3.63, 3.8) is 0 Å². The first kappa shape index (κ1) is 18.4. The molecule has 1 aliphatic heterocycles. The van der Waals surface area contributed by atoms with Gasteiger partial charge in [0.1, 0.15) is 42.7 Å². The van der Waals surface area contributed by atoms with Crippen LogP contribution < -0.4 is 0 Å². The van der Waals surface area contributed by atoms with Crippen LogP contribution in [0.3, 0.4) is 0 Å². The van der Waals surface area contributed by atoms with Gasteiger partial charge in [-0.1, -0.05) is 0 Å². The Morgan fingerprint density at radius 2 is 1.71 bits per heavy atom. The van der Waals surface area contributed by atoms with E-state index in [0.717, 1.165) is 0 Å². The second-order valence-corrected chi connectivity index (χ2v) is 4.67. The molecule has 0 spiro atoms. The Morgan fingerprint density at radius 3 is 2.19 bits per heavy atom. The topological polar surface area (TPSA) is 177 Å². The molecule has 1 aliphatic rings. The Labute approximate surface area is 119 Å². The molecule has 8 atom stereocenters. The standard InChI is InChI=1S/C11H20O10/c12-1-4(15)10(5(16)2-13)21-11-9(19)8(18)7(17)6(3-14)20-11/h1,4-11,13-19H,2-3H2/t4-,5-,6-,7+,8+,9-,10+,11?/m1/s1. The van der Waals surface area contributed by atoms with Crippen molar-refractivity contribution < 1.29 is 50.0 Å². The third-order valence-electron chi connectivity index (χ3n) is 3.18. The van der Waals surface area contributed by atoms with E-state index in [1.165, 1.54) is 0 Å². The largest absolute Gasteiger partial charge is 0.394 e. The maximum atomic E-state index is 10.6. The van der Waals surface area contributed by atoms with E-state index in [9.17, 15) is 30.3 Å². The predicted molar refractivity (Wildman–Crippen MR) is 63.8 cm³/mol. The number of hydrogen-bond donors (Lipinski definition) is 7. The van der Waals surface area contributed by atoms with Crippen LogP contribution in [0.2, 0.25) is 0 Å². The second kappa shape index (κ2) is 8.08. The molecule has 1 heterocycles.